The lowest BCUT2D eigenvalue weighted by Crippen LogP contribution is -2.63. The maximum Gasteiger partial charge on any atom is 0.258 e. The molecule has 1 saturated heterocycles. The number of benzene rings is 1. The summed E-state index contributed by atoms with van der Waals surface area (Å²) in [5.41, 5.74) is 0.581. The number of nitrogens with one attached hydrogen (secondary N) is 2. The quantitative estimate of drug-likeness (QED) is 0.629. The number of hydrogen-bond acceptors (Lipinski definition) is 7. The Labute approximate surface area is 177 Å². The topological polar surface area (TPSA) is 109 Å². The van der Waals surface area contributed by atoms with Crippen LogP contribution in [0.1, 0.15) is 31.2 Å². The molecule has 0 aliphatic carbocycles. The van der Waals surface area contributed by atoms with Gasteiger partial charge in [-0.2, -0.15) is 0 Å². The third-order valence-electron chi connectivity index (χ3n) is 5.38. The van der Waals surface area contributed by atoms with Crippen molar-refractivity contribution in [1.82, 2.24) is 15.5 Å². The van der Waals surface area contributed by atoms with Gasteiger partial charge >= 0.3 is 0 Å². The van der Waals surface area contributed by atoms with Crippen LogP contribution in [0.3, 0.4) is 0 Å². The summed E-state index contributed by atoms with van der Waals surface area (Å²) in [5, 5.41) is 19.1. The summed E-state index contributed by atoms with van der Waals surface area (Å²) in [7, 11) is -3.67. The van der Waals surface area contributed by atoms with Crippen LogP contribution in [0.25, 0.3) is 22.2 Å². The van der Waals surface area contributed by atoms with Crippen LogP contribution in [-0.2, 0) is 15.4 Å². The number of thiophene rings is 1. The van der Waals surface area contributed by atoms with E-state index < -0.39 is 25.9 Å². The SMILES string of the molecule is Cc1ccc(-c2nnc(-c3cc(F)c([C@]4(C)CS(=O)(=O)C(C)(C)C(=N)N4)s3)o2)cc1. The summed E-state index contributed by atoms with van der Waals surface area (Å²) in [6.07, 6.45) is 0. The van der Waals surface area contributed by atoms with Gasteiger partial charge in [-0.25, -0.2) is 12.8 Å². The first kappa shape index (κ1) is 20.7. The lowest BCUT2D eigenvalue weighted by Gasteiger charge is -2.42. The van der Waals surface area contributed by atoms with Gasteiger partial charge in [0.2, 0.25) is 5.89 Å². The van der Waals surface area contributed by atoms with E-state index in [-0.39, 0.29) is 22.4 Å². The van der Waals surface area contributed by atoms with Crippen LogP contribution in [-0.4, -0.2) is 35.0 Å². The van der Waals surface area contributed by atoms with Crippen molar-refractivity contribution in [3.8, 4) is 22.2 Å². The van der Waals surface area contributed by atoms with Gasteiger partial charge < -0.3 is 9.73 Å². The number of aromatic nitrogens is 2. The lowest BCUT2D eigenvalue weighted by molar-refractivity contribution is 0.432. The van der Waals surface area contributed by atoms with Gasteiger partial charge in [-0.1, -0.05) is 17.7 Å². The average molecular weight is 449 g/mol. The van der Waals surface area contributed by atoms with Gasteiger partial charge in [-0.15, -0.1) is 21.5 Å². The Morgan fingerprint density at radius 2 is 1.80 bits per heavy atom. The fourth-order valence-corrected chi connectivity index (χ4v) is 6.13. The smallest absolute Gasteiger partial charge is 0.258 e. The van der Waals surface area contributed by atoms with E-state index in [9.17, 15) is 12.8 Å². The molecule has 0 radical (unpaired) electrons. The molecule has 1 atom stereocenters. The van der Waals surface area contributed by atoms with E-state index in [1.54, 1.807) is 6.92 Å². The normalized spacial score (nSPS) is 22.6. The molecule has 1 aliphatic heterocycles. The zero-order valence-electron chi connectivity index (χ0n) is 16.9. The monoisotopic (exact) mass is 448 g/mol. The molecule has 7 nitrogen and oxygen atoms in total. The number of hydrogen-bond donors (Lipinski definition) is 2. The second kappa shape index (κ2) is 6.71. The zero-order valence-corrected chi connectivity index (χ0v) is 18.5. The fraction of sp³-hybridized carbons (Fsp3) is 0.350. The second-order valence-corrected chi connectivity index (χ2v) is 11.8. The number of amidine groups is 1. The van der Waals surface area contributed by atoms with Crippen LogP contribution in [0.5, 0.6) is 0 Å². The molecule has 2 aromatic heterocycles. The predicted octanol–water partition coefficient (Wildman–Crippen LogP) is 3.90. The van der Waals surface area contributed by atoms with Crippen molar-refractivity contribution in [1.29, 1.82) is 5.41 Å². The first-order chi connectivity index (χ1) is 13.9. The van der Waals surface area contributed by atoms with Crippen LogP contribution >= 0.6 is 11.3 Å². The summed E-state index contributed by atoms with van der Waals surface area (Å²) in [6, 6.07) is 8.83. The third kappa shape index (κ3) is 3.24. The minimum atomic E-state index is -3.67. The highest BCUT2D eigenvalue weighted by atomic mass is 32.2. The first-order valence-electron chi connectivity index (χ1n) is 9.23. The molecule has 3 heterocycles. The third-order valence-corrected chi connectivity index (χ3v) is 9.46. The van der Waals surface area contributed by atoms with E-state index in [0.717, 1.165) is 22.5 Å². The number of nitrogens with zero attached hydrogens (tertiary/aromatic N) is 2. The molecule has 0 unspecified atom stereocenters. The van der Waals surface area contributed by atoms with Crippen molar-refractivity contribution < 1.29 is 17.2 Å². The van der Waals surface area contributed by atoms with Gasteiger partial charge in [0, 0.05) is 5.56 Å². The fourth-order valence-electron chi connectivity index (χ4n) is 3.29. The molecular formula is C20H21FN4O3S2. The predicted molar refractivity (Wildman–Crippen MR) is 114 cm³/mol. The van der Waals surface area contributed by atoms with Crippen molar-refractivity contribution in [2.24, 2.45) is 0 Å². The summed E-state index contributed by atoms with van der Waals surface area (Å²) in [5.74, 6) is -0.607. The molecule has 10 heteroatoms. The Morgan fingerprint density at radius 3 is 2.43 bits per heavy atom. The van der Waals surface area contributed by atoms with E-state index in [2.05, 4.69) is 15.5 Å². The van der Waals surface area contributed by atoms with Gasteiger partial charge in [0.05, 0.1) is 21.0 Å². The largest absolute Gasteiger partial charge is 0.415 e. The highest BCUT2D eigenvalue weighted by Gasteiger charge is 2.51. The van der Waals surface area contributed by atoms with Crippen molar-refractivity contribution in [3.63, 3.8) is 0 Å². The van der Waals surface area contributed by atoms with Crippen LogP contribution in [0, 0.1) is 18.2 Å². The molecule has 0 bridgehead atoms. The van der Waals surface area contributed by atoms with Crippen molar-refractivity contribution >= 4 is 27.0 Å². The summed E-state index contributed by atoms with van der Waals surface area (Å²) in [4.78, 5) is 0.571. The molecule has 158 valence electrons. The molecule has 1 aromatic carbocycles. The zero-order chi connectivity index (χ0) is 21.9. The molecule has 1 fully saturated rings. The van der Waals surface area contributed by atoms with E-state index in [1.165, 1.54) is 19.9 Å². The number of aryl methyl sites for hydroxylation is 1. The standard InChI is InChI=1S/C20H21FN4O3S2/c1-11-5-7-12(8-6-11)16-24-25-17(28-16)14-9-13(21)15(29-14)20(4)10-30(26,27)19(2,3)18(22)23-20/h5-9H,10H2,1-4H3,(H2,22,23)/t20-/m0/s1. The highest BCUT2D eigenvalue weighted by molar-refractivity contribution is 7.93. The van der Waals surface area contributed by atoms with Crippen LogP contribution in [0.2, 0.25) is 0 Å². The Morgan fingerprint density at radius 1 is 1.17 bits per heavy atom. The molecule has 2 N–H and O–H groups in total. The Balaban J connectivity index is 1.69. The Kier molecular flexibility index (Phi) is 4.62. The molecule has 0 amide bonds. The van der Waals surface area contributed by atoms with Gasteiger partial charge in [0.15, 0.2) is 9.84 Å². The Hall–Kier alpha value is -2.59. The minimum Gasteiger partial charge on any atom is -0.415 e. The van der Waals surface area contributed by atoms with Crippen LogP contribution < -0.4 is 5.32 Å². The second-order valence-electron chi connectivity index (χ2n) is 8.17. The summed E-state index contributed by atoms with van der Waals surface area (Å²) >= 11 is 1.04. The van der Waals surface area contributed by atoms with Gasteiger partial charge in [-0.05, 0) is 45.9 Å². The molecule has 30 heavy (non-hydrogen) atoms. The number of rotatable bonds is 3. The molecular weight excluding hydrogens is 427 g/mol. The lowest BCUT2D eigenvalue weighted by atomic mass is 9.99. The van der Waals surface area contributed by atoms with Gasteiger partial charge in [0.1, 0.15) is 16.4 Å². The number of sulfone groups is 1. The van der Waals surface area contributed by atoms with Crippen molar-refractivity contribution in [3.05, 3.63) is 46.6 Å². The molecule has 1 aliphatic rings. The average Bonchev–Trinajstić information content (AvgIpc) is 3.27. The Bertz CT molecular complexity index is 1250. The minimum absolute atomic E-state index is 0.151. The summed E-state index contributed by atoms with van der Waals surface area (Å²) in [6.45, 7) is 6.50. The maximum atomic E-state index is 14.9. The maximum absolute atomic E-state index is 14.9. The van der Waals surface area contributed by atoms with Crippen LogP contribution in [0.15, 0.2) is 34.7 Å². The molecule has 0 spiro atoms. The molecule has 4 rings (SSSR count). The first-order valence-corrected chi connectivity index (χ1v) is 11.7. The number of halogens is 1. The molecule has 3 aromatic rings. The van der Waals surface area contributed by atoms with E-state index >= 15 is 0 Å². The van der Waals surface area contributed by atoms with E-state index in [4.69, 9.17) is 9.83 Å². The van der Waals surface area contributed by atoms with Gasteiger partial charge in [-0.3, -0.25) is 5.41 Å². The van der Waals surface area contributed by atoms with Crippen molar-refractivity contribution in [2.45, 2.75) is 38.0 Å². The van der Waals surface area contributed by atoms with E-state index in [0.29, 0.717) is 10.8 Å². The van der Waals surface area contributed by atoms with Gasteiger partial charge in [0.25, 0.3) is 5.89 Å². The van der Waals surface area contributed by atoms with Crippen molar-refractivity contribution in [2.75, 3.05) is 5.75 Å². The van der Waals surface area contributed by atoms with E-state index in [1.807, 2.05) is 31.2 Å². The highest BCUT2D eigenvalue weighted by Crippen LogP contribution is 2.41. The van der Waals surface area contributed by atoms with Crippen LogP contribution in [0.4, 0.5) is 4.39 Å². The summed E-state index contributed by atoms with van der Waals surface area (Å²) < 4.78 is 44.7. The molecule has 0 saturated carbocycles.